The molecule has 0 aromatic rings. The fourth-order valence-corrected chi connectivity index (χ4v) is 2.64. The number of nitrogens with zero attached hydrogens (tertiary/aromatic N) is 1. The molecule has 0 bridgehead atoms. The highest BCUT2D eigenvalue weighted by molar-refractivity contribution is 5.88. The van der Waals surface area contributed by atoms with Crippen LogP contribution in [-0.4, -0.2) is 42.6 Å². The Morgan fingerprint density at radius 2 is 2.00 bits per heavy atom. The first-order chi connectivity index (χ1) is 8.31. The van der Waals surface area contributed by atoms with Crippen molar-refractivity contribution in [1.29, 1.82) is 0 Å². The third-order valence-electron chi connectivity index (χ3n) is 4.41. The van der Waals surface area contributed by atoms with Crippen LogP contribution in [0.5, 0.6) is 0 Å². The second kappa shape index (κ2) is 6.91. The molecule has 2 unspecified atom stereocenters. The topological polar surface area (TPSA) is 55.6 Å². The van der Waals surface area contributed by atoms with Crippen LogP contribution in [-0.2, 0) is 9.53 Å². The first-order valence-electron chi connectivity index (χ1n) is 6.97. The van der Waals surface area contributed by atoms with Gasteiger partial charge in [0, 0.05) is 32.0 Å². The minimum Gasteiger partial charge on any atom is -0.378 e. The van der Waals surface area contributed by atoms with Gasteiger partial charge in [-0.1, -0.05) is 27.2 Å². The molecule has 1 fully saturated rings. The Kier molecular flexibility index (Phi) is 6.79. The molecular formula is C14H29ClN2O2. The third kappa shape index (κ3) is 3.23. The van der Waals surface area contributed by atoms with E-state index in [0.29, 0.717) is 13.0 Å². The molecule has 4 nitrogen and oxygen atoms in total. The predicted molar refractivity (Wildman–Crippen MR) is 80.5 cm³/mol. The fraction of sp³-hybridized carbons (Fsp3) is 0.929. The van der Waals surface area contributed by atoms with Crippen molar-refractivity contribution in [3.63, 3.8) is 0 Å². The second-order valence-electron chi connectivity index (χ2n) is 5.92. The van der Waals surface area contributed by atoms with Gasteiger partial charge in [-0.05, 0) is 13.3 Å². The summed E-state index contributed by atoms with van der Waals surface area (Å²) in [6.07, 6.45) is 2.83. The van der Waals surface area contributed by atoms with E-state index in [1.165, 1.54) is 0 Å². The zero-order chi connectivity index (χ0) is 14.0. The van der Waals surface area contributed by atoms with Gasteiger partial charge < -0.3 is 15.4 Å². The molecule has 1 saturated carbocycles. The van der Waals surface area contributed by atoms with Gasteiger partial charge in [0.05, 0.1) is 6.10 Å². The molecule has 19 heavy (non-hydrogen) atoms. The van der Waals surface area contributed by atoms with Gasteiger partial charge >= 0.3 is 0 Å². The molecule has 0 saturated heterocycles. The Morgan fingerprint density at radius 1 is 1.42 bits per heavy atom. The highest BCUT2D eigenvalue weighted by atomic mass is 35.5. The number of rotatable bonds is 6. The summed E-state index contributed by atoms with van der Waals surface area (Å²) in [5.41, 5.74) is 5.29. The van der Waals surface area contributed by atoms with E-state index in [4.69, 9.17) is 10.5 Å². The van der Waals surface area contributed by atoms with Crippen molar-refractivity contribution < 1.29 is 9.53 Å². The molecule has 0 aromatic carbocycles. The average Bonchev–Trinajstić information content (AvgIpc) is 2.34. The Balaban J connectivity index is 0.00000324. The molecule has 1 aliphatic carbocycles. The second-order valence-corrected chi connectivity index (χ2v) is 5.92. The summed E-state index contributed by atoms with van der Waals surface area (Å²) in [5, 5.41) is 0. The summed E-state index contributed by atoms with van der Waals surface area (Å²) in [6.45, 7) is 9.61. The van der Waals surface area contributed by atoms with E-state index in [2.05, 4.69) is 6.92 Å². The van der Waals surface area contributed by atoms with Crippen molar-refractivity contribution in [2.75, 3.05) is 20.2 Å². The van der Waals surface area contributed by atoms with Crippen LogP contribution in [0.3, 0.4) is 0 Å². The molecule has 5 heteroatoms. The largest absolute Gasteiger partial charge is 0.378 e. The molecule has 0 aliphatic heterocycles. The van der Waals surface area contributed by atoms with Crippen molar-refractivity contribution in [3.05, 3.63) is 0 Å². The van der Waals surface area contributed by atoms with E-state index in [1.54, 1.807) is 4.90 Å². The van der Waals surface area contributed by atoms with Crippen molar-refractivity contribution in [1.82, 2.24) is 4.90 Å². The van der Waals surface area contributed by atoms with E-state index >= 15 is 0 Å². The monoisotopic (exact) mass is 292 g/mol. The summed E-state index contributed by atoms with van der Waals surface area (Å²) in [5.74, 6) is 0.0527. The smallest absolute Gasteiger partial charge is 0.243 e. The highest BCUT2D eigenvalue weighted by Crippen LogP contribution is 2.50. The molecule has 2 atom stereocenters. The molecular weight excluding hydrogens is 264 g/mol. The van der Waals surface area contributed by atoms with Gasteiger partial charge in [-0.15, -0.1) is 12.4 Å². The van der Waals surface area contributed by atoms with E-state index in [0.717, 1.165) is 19.4 Å². The van der Waals surface area contributed by atoms with Crippen LogP contribution in [0.15, 0.2) is 0 Å². The third-order valence-corrected chi connectivity index (χ3v) is 4.41. The molecule has 0 spiro atoms. The van der Waals surface area contributed by atoms with Gasteiger partial charge in [0.15, 0.2) is 0 Å². The molecule has 0 radical (unpaired) electrons. The number of halogens is 1. The fourth-order valence-electron chi connectivity index (χ4n) is 2.64. The van der Waals surface area contributed by atoms with Gasteiger partial charge in [-0.3, -0.25) is 4.79 Å². The van der Waals surface area contributed by atoms with Crippen LogP contribution in [0, 0.1) is 5.41 Å². The van der Waals surface area contributed by atoms with Gasteiger partial charge in [0.25, 0.3) is 0 Å². The van der Waals surface area contributed by atoms with Crippen LogP contribution in [0.2, 0.25) is 0 Å². The molecule has 2 N–H and O–H groups in total. The number of carbonyl (C=O) groups excluding carboxylic acids is 1. The van der Waals surface area contributed by atoms with Crippen molar-refractivity contribution >= 4 is 18.3 Å². The van der Waals surface area contributed by atoms with Gasteiger partial charge in [-0.2, -0.15) is 0 Å². The summed E-state index contributed by atoms with van der Waals surface area (Å²) in [4.78, 5) is 14.2. The lowest BCUT2D eigenvalue weighted by Gasteiger charge is -2.58. The van der Waals surface area contributed by atoms with Gasteiger partial charge in [-0.25, -0.2) is 0 Å². The van der Waals surface area contributed by atoms with Crippen LogP contribution in [0.1, 0.15) is 47.0 Å². The first-order valence-corrected chi connectivity index (χ1v) is 6.97. The SMILES string of the molecule is CCCCN(C)C(=O)C1(N)CC(OCC)C1(C)C.Cl. The van der Waals surface area contributed by atoms with Crippen molar-refractivity contribution in [2.45, 2.75) is 58.6 Å². The normalized spacial score (nSPS) is 28.2. The van der Waals surface area contributed by atoms with Crippen molar-refractivity contribution in [2.24, 2.45) is 11.1 Å². The van der Waals surface area contributed by atoms with Crippen LogP contribution < -0.4 is 5.73 Å². The van der Waals surface area contributed by atoms with Gasteiger partial charge in [0.1, 0.15) is 5.54 Å². The average molecular weight is 293 g/mol. The molecule has 0 aromatic heterocycles. The van der Waals surface area contributed by atoms with E-state index in [-0.39, 0.29) is 29.8 Å². The number of carbonyl (C=O) groups is 1. The zero-order valence-electron chi connectivity index (χ0n) is 12.9. The predicted octanol–water partition coefficient (Wildman–Crippen LogP) is 2.20. The molecule has 1 rings (SSSR count). The molecule has 1 amide bonds. The lowest BCUT2D eigenvalue weighted by atomic mass is 9.54. The number of ether oxygens (including phenoxy) is 1. The highest BCUT2D eigenvalue weighted by Gasteiger charge is 2.63. The first kappa shape index (κ1) is 18.7. The van der Waals surface area contributed by atoms with Crippen LogP contribution >= 0.6 is 12.4 Å². The van der Waals surface area contributed by atoms with E-state index in [1.807, 2.05) is 27.8 Å². The minimum atomic E-state index is -0.769. The Bertz CT molecular complexity index is 310. The number of likely N-dealkylation sites (N-methyl/N-ethyl adjacent to an activating group) is 1. The maximum Gasteiger partial charge on any atom is 0.243 e. The number of hydrogen-bond acceptors (Lipinski definition) is 3. The van der Waals surface area contributed by atoms with Crippen LogP contribution in [0.4, 0.5) is 0 Å². The van der Waals surface area contributed by atoms with E-state index in [9.17, 15) is 4.79 Å². The molecule has 114 valence electrons. The molecule has 1 aliphatic rings. The van der Waals surface area contributed by atoms with E-state index < -0.39 is 5.54 Å². The maximum absolute atomic E-state index is 12.5. The standard InChI is InChI=1S/C14H28N2O2.ClH/c1-6-8-9-16(5)12(17)14(15)10-11(18-7-2)13(14,3)4;/h11H,6-10,15H2,1-5H3;1H. The summed E-state index contributed by atoms with van der Waals surface area (Å²) >= 11 is 0. The quantitative estimate of drug-likeness (QED) is 0.816. The summed E-state index contributed by atoms with van der Waals surface area (Å²) in [7, 11) is 1.84. The number of hydrogen-bond donors (Lipinski definition) is 1. The summed E-state index contributed by atoms with van der Waals surface area (Å²) in [6, 6.07) is 0. The number of nitrogens with two attached hydrogens (primary N) is 1. The zero-order valence-corrected chi connectivity index (χ0v) is 13.7. The molecule has 0 heterocycles. The van der Waals surface area contributed by atoms with Crippen LogP contribution in [0.25, 0.3) is 0 Å². The number of unbranched alkanes of at least 4 members (excludes halogenated alkanes) is 1. The van der Waals surface area contributed by atoms with Gasteiger partial charge in [0.2, 0.25) is 5.91 Å². The number of amides is 1. The Labute approximate surface area is 123 Å². The summed E-state index contributed by atoms with van der Waals surface area (Å²) < 4.78 is 5.65. The Morgan fingerprint density at radius 3 is 2.42 bits per heavy atom. The van der Waals surface area contributed by atoms with Crippen molar-refractivity contribution in [3.8, 4) is 0 Å². The Hall–Kier alpha value is -0.320. The lowest BCUT2D eigenvalue weighted by molar-refractivity contribution is -0.178. The minimum absolute atomic E-state index is 0. The lowest BCUT2D eigenvalue weighted by Crippen LogP contribution is -2.75. The maximum atomic E-state index is 12.5.